The zero-order valence-electron chi connectivity index (χ0n) is 17.2. The Bertz CT molecular complexity index is 1110. The highest BCUT2D eigenvalue weighted by Gasteiger charge is 2.33. The van der Waals surface area contributed by atoms with E-state index in [0.717, 1.165) is 18.7 Å². The summed E-state index contributed by atoms with van der Waals surface area (Å²) < 4.78 is 1.42. The van der Waals surface area contributed by atoms with Crippen molar-refractivity contribution < 1.29 is 5.11 Å². The molecule has 0 aliphatic carbocycles. The maximum Gasteiger partial charge on any atom is 0.185 e. The van der Waals surface area contributed by atoms with Crippen LogP contribution in [0.1, 0.15) is 37.8 Å². The SMILES string of the molecule is CN(c1cnc(-c2ccc(-n3cc(C#N)nn3)cc2O)nn1)[C@@H]1C[C@H]2CCC[C@@H](C1)N2. The van der Waals surface area contributed by atoms with Gasteiger partial charge in [0.05, 0.1) is 23.6 Å². The van der Waals surface area contributed by atoms with E-state index in [1.165, 1.54) is 36.2 Å². The molecule has 2 aromatic heterocycles. The van der Waals surface area contributed by atoms with Crippen LogP contribution in [-0.4, -0.2) is 60.5 Å². The van der Waals surface area contributed by atoms with Crippen LogP contribution in [0.4, 0.5) is 5.82 Å². The number of hydrogen-bond donors (Lipinski definition) is 2. The number of nitriles is 1. The number of fused-ring (bicyclic) bond motifs is 2. The van der Waals surface area contributed by atoms with Crippen LogP contribution < -0.4 is 10.2 Å². The molecule has 10 heteroatoms. The van der Waals surface area contributed by atoms with Gasteiger partial charge >= 0.3 is 0 Å². The summed E-state index contributed by atoms with van der Waals surface area (Å²) in [6, 6.07) is 8.51. The first-order valence-electron chi connectivity index (χ1n) is 10.5. The molecule has 3 aromatic rings. The first kappa shape index (κ1) is 19.4. The number of rotatable bonds is 4. The van der Waals surface area contributed by atoms with Crippen molar-refractivity contribution in [1.82, 2.24) is 35.5 Å². The number of anilines is 1. The summed E-state index contributed by atoms with van der Waals surface area (Å²) in [5, 5.41) is 39.3. The average molecular weight is 417 g/mol. The van der Waals surface area contributed by atoms with Crippen molar-refractivity contribution >= 4 is 5.82 Å². The third-order valence-corrected chi connectivity index (χ3v) is 6.24. The molecule has 0 spiro atoms. The Labute approximate surface area is 179 Å². The first-order valence-corrected chi connectivity index (χ1v) is 10.5. The molecule has 2 aliphatic rings. The highest BCUT2D eigenvalue weighted by molar-refractivity contribution is 5.66. The monoisotopic (exact) mass is 417 g/mol. The van der Waals surface area contributed by atoms with Crippen molar-refractivity contribution in [2.24, 2.45) is 0 Å². The Morgan fingerprint density at radius 1 is 1.19 bits per heavy atom. The van der Waals surface area contributed by atoms with E-state index >= 15 is 0 Å². The van der Waals surface area contributed by atoms with Crippen LogP contribution in [0.15, 0.2) is 30.6 Å². The molecule has 0 radical (unpaired) electrons. The van der Waals surface area contributed by atoms with Crippen molar-refractivity contribution in [3.63, 3.8) is 0 Å². The Balaban J connectivity index is 1.33. The minimum absolute atomic E-state index is 0.000548. The van der Waals surface area contributed by atoms with Gasteiger partial charge in [0, 0.05) is 31.2 Å². The molecule has 0 unspecified atom stereocenters. The first-order chi connectivity index (χ1) is 15.1. The molecule has 2 fully saturated rings. The molecule has 1 aromatic carbocycles. The Hall–Kier alpha value is -3.58. The van der Waals surface area contributed by atoms with Crippen molar-refractivity contribution in [3.8, 4) is 28.9 Å². The third kappa shape index (κ3) is 3.80. The maximum absolute atomic E-state index is 10.5. The maximum atomic E-state index is 10.5. The number of hydrogen-bond acceptors (Lipinski definition) is 9. The van der Waals surface area contributed by atoms with E-state index in [9.17, 15) is 5.11 Å². The Morgan fingerprint density at radius 3 is 2.65 bits per heavy atom. The van der Waals surface area contributed by atoms with Gasteiger partial charge in [-0.2, -0.15) is 5.26 Å². The fraction of sp³-hybridized carbons (Fsp3) is 0.429. The summed E-state index contributed by atoms with van der Waals surface area (Å²) in [6.07, 6.45) is 9.21. The summed E-state index contributed by atoms with van der Waals surface area (Å²) in [7, 11) is 2.05. The molecular weight excluding hydrogens is 394 g/mol. The minimum atomic E-state index is 0.000548. The van der Waals surface area contributed by atoms with Crippen LogP contribution in [0.3, 0.4) is 0 Å². The van der Waals surface area contributed by atoms with E-state index in [1.54, 1.807) is 18.3 Å². The summed E-state index contributed by atoms with van der Waals surface area (Å²) in [6.45, 7) is 0. The molecule has 4 heterocycles. The van der Waals surface area contributed by atoms with E-state index < -0.39 is 0 Å². The molecule has 10 nitrogen and oxygen atoms in total. The second-order valence-corrected chi connectivity index (χ2v) is 8.23. The summed E-state index contributed by atoms with van der Waals surface area (Å²) in [4.78, 5) is 6.63. The predicted molar refractivity (Wildman–Crippen MR) is 113 cm³/mol. The number of nitrogens with zero attached hydrogens (tertiary/aromatic N) is 8. The topological polar surface area (TPSA) is 129 Å². The highest BCUT2D eigenvalue weighted by Crippen LogP contribution is 2.31. The van der Waals surface area contributed by atoms with Crippen molar-refractivity contribution in [1.29, 1.82) is 5.26 Å². The number of piperidine rings is 2. The second kappa shape index (κ2) is 7.92. The molecule has 31 heavy (non-hydrogen) atoms. The van der Waals surface area contributed by atoms with Gasteiger partial charge in [0.15, 0.2) is 17.3 Å². The number of benzene rings is 1. The van der Waals surface area contributed by atoms with Crippen LogP contribution in [0.2, 0.25) is 0 Å². The quantitative estimate of drug-likeness (QED) is 0.653. The van der Waals surface area contributed by atoms with Gasteiger partial charge in [-0.25, -0.2) is 9.67 Å². The number of phenols is 1. The van der Waals surface area contributed by atoms with Gasteiger partial charge in [0.2, 0.25) is 0 Å². The van der Waals surface area contributed by atoms with Gasteiger partial charge in [-0.05, 0) is 37.8 Å². The van der Waals surface area contributed by atoms with Crippen molar-refractivity contribution in [2.75, 3.05) is 11.9 Å². The largest absolute Gasteiger partial charge is 0.507 e. The number of nitrogens with one attached hydrogen (secondary N) is 1. The lowest BCUT2D eigenvalue weighted by molar-refractivity contribution is 0.219. The molecule has 2 N–H and O–H groups in total. The number of aromatic nitrogens is 6. The Kier molecular flexibility index (Phi) is 4.95. The molecular formula is C21H23N9O. The minimum Gasteiger partial charge on any atom is -0.507 e. The standard InChI is InChI=1S/C21H23N9O/c1-29(17-7-13-3-2-4-14(8-17)24-13)20-11-23-21(27-26-20)18-6-5-16(9-19(18)31)30-12-15(10-22)25-28-30/h5-6,9,11-14,17,24,31H,2-4,7-8H2,1H3/t13-,14+,17-. The van der Waals surface area contributed by atoms with Gasteiger partial charge in [0.25, 0.3) is 0 Å². The van der Waals surface area contributed by atoms with Gasteiger partial charge in [0.1, 0.15) is 11.8 Å². The zero-order valence-corrected chi connectivity index (χ0v) is 17.2. The highest BCUT2D eigenvalue weighted by atomic mass is 16.3. The van der Waals surface area contributed by atoms with Crippen molar-refractivity contribution in [3.05, 3.63) is 36.3 Å². The van der Waals surface area contributed by atoms with Crippen molar-refractivity contribution in [2.45, 2.75) is 50.2 Å². The van der Waals surface area contributed by atoms with E-state index in [0.29, 0.717) is 35.2 Å². The van der Waals surface area contributed by atoms with Gasteiger partial charge in [-0.1, -0.05) is 11.6 Å². The van der Waals surface area contributed by atoms with Crippen LogP contribution in [0.5, 0.6) is 5.75 Å². The molecule has 5 rings (SSSR count). The van der Waals surface area contributed by atoms with Gasteiger partial charge in [-0.3, -0.25) is 0 Å². The molecule has 2 bridgehead atoms. The molecule has 3 atom stereocenters. The molecule has 2 aliphatic heterocycles. The third-order valence-electron chi connectivity index (χ3n) is 6.24. The fourth-order valence-electron chi connectivity index (χ4n) is 4.59. The lowest BCUT2D eigenvalue weighted by atomic mass is 9.83. The summed E-state index contributed by atoms with van der Waals surface area (Å²) in [5.41, 5.74) is 1.26. The summed E-state index contributed by atoms with van der Waals surface area (Å²) in [5.74, 6) is 1.08. The average Bonchev–Trinajstić information content (AvgIpc) is 3.28. The van der Waals surface area contributed by atoms with E-state index in [1.807, 2.05) is 6.07 Å². The molecule has 0 amide bonds. The van der Waals surface area contributed by atoms with Crippen LogP contribution in [0, 0.1) is 11.3 Å². The van der Waals surface area contributed by atoms with E-state index in [-0.39, 0.29) is 11.4 Å². The number of aromatic hydroxyl groups is 1. The van der Waals surface area contributed by atoms with Crippen LogP contribution in [-0.2, 0) is 0 Å². The van der Waals surface area contributed by atoms with Gasteiger partial charge in [-0.15, -0.1) is 15.3 Å². The van der Waals surface area contributed by atoms with E-state index in [4.69, 9.17) is 5.26 Å². The van der Waals surface area contributed by atoms with Crippen LogP contribution in [0.25, 0.3) is 17.1 Å². The molecule has 0 saturated carbocycles. The predicted octanol–water partition coefficient (Wildman–Crippen LogP) is 1.81. The molecule has 158 valence electrons. The smallest absolute Gasteiger partial charge is 0.185 e. The number of phenolic OH excluding ortho intramolecular Hbond substituents is 1. The Morgan fingerprint density at radius 2 is 2.00 bits per heavy atom. The summed E-state index contributed by atoms with van der Waals surface area (Å²) >= 11 is 0. The second-order valence-electron chi connectivity index (χ2n) is 8.23. The zero-order chi connectivity index (χ0) is 21.4. The fourth-order valence-corrected chi connectivity index (χ4v) is 4.59. The normalized spacial score (nSPS) is 22.6. The lowest BCUT2D eigenvalue weighted by Crippen LogP contribution is -2.54. The van der Waals surface area contributed by atoms with Crippen LogP contribution >= 0.6 is 0 Å². The molecule has 2 saturated heterocycles. The van der Waals surface area contributed by atoms with Gasteiger partial charge < -0.3 is 15.3 Å². The lowest BCUT2D eigenvalue weighted by Gasteiger charge is -2.43. The van der Waals surface area contributed by atoms with E-state index in [2.05, 4.69) is 42.8 Å².